The molecular formula is C18H14FNO2. The first-order valence-corrected chi connectivity index (χ1v) is 7.24. The highest BCUT2D eigenvalue weighted by atomic mass is 19.1. The van der Waals surface area contributed by atoms with Gasteiger partial charge in [-0.3, -0.25) is 9.36 Å². The van der Waals surface area contributed by atoms with Crippen LogP contribution in [-0.2, 0) is 6.42 Å². The highest BCUT2D eigenvalue weighted by Crippen LogP contribution is 2.35. The molecule has 110 valence electrons. The van der Waals surface area contributed by atoms with Crippen molar-refractivity contribution in [1.82, 2.24) is 4.57 Å². The monoisotopic (exact) mass is 295 g/mol. The van der Waals surface area contributed by atoms with Gasteiger partial charge in [0.15, 0.2) is 0 Å². The van der Waals surface area contributed by atoms with Gasteiger partial charge in [-0.1, -0.05) is 18.2 Å². The molecule has 3 nitrogen and oxygen atoms in total. The third kappa shape index (κ3) is 1.84. The smallest absolute Gasteiger partial charge is 0.262 e. The fraction of sp³-hybridized carbons (Fsp3) is 0.167. The van der Waals surface area contributed by atoms with Crippen LogP contribution in [0.5, 0.6) is 5.75 Å². The summed E-state index contributed by atoms with van der Waals surface area (Å²) in [5.41, 5.74) is 1.95. The number of pyridine rings is 1. The zero-order chi connectivity index (χ0) is 15.3. The van der Waals surface area contributed by atoms with Gasteiger partial charge >= 0.3 is 0 Å². The summed E-state index contributed by atoms with van der Waals surface area (Å²) in [5.74, 6) is 0.190. The van der Waals surface area contributed by atoms with Gasteiger partial charge in [0.05, 0.1) is 11.1 Å². The quantitative estimate of drug-likeness (QED) is 0.688. The molecule has 0 saturated heterocycles. The van der Waals surface area contributed by atoms with Crippen molar-refractivity contribution >= 4 is 10.9 Å². The van der Waals surface area contributed by atoms with Gasteiger partial charge in [0, 0.05) is 17.5 Å². The molecular weight excluding hydrogens is 281 g/mol. The van der Waals surface area contributed by atoms with Crippen molar-refractivity contribution in [2.24, 2.45) is 0 Å². The molecule has 0 saturated carbocycles. The Morgan fingerprint density at radius 2 is 1.95 bits per heavy atom. The van der Waals surface area contributed by atoms with Crippen LogP contribution in [0, 0.1) is 5.82 Å². The van der Waals surface area contributed by atoms with Crippen molar-refractivity contribution in [1.29, 1.82) is 0 Å². The third-order valence-corrected chi connectivity index (χ3v) is 4.00. The number of ether oxygens (including phenoxy) is 1. The zero-order valence-corrected chi connectivity index (χ0v) is 12.0. The molecule has 3 aromatic rings. The Morgan fingerprint density at radius 3 is 2.73 bits per heavy atom. The van der Waals surface area contributed by atoms with Crippen molar-refractivity contribution < 1.29 is 9.13 Å². The van der Waals surface area contributed by atoms with Crippen LogP contribution in [0.1, 0.15) is 12.5 Å². The average molecular weight is 295 g/mol. The van der Waals surface area contributed by atoms with Gasteiger partial charge in [-0.25, -0.2) is 4.39 Å². The second kappa shape index (κ2) is 4.70. The number of rotatable bonds is 1. The summed E-state index contributed by atoms with van der Waals surface area (Å²) in [6.07, 6.45) is 0.480. The normalized spacial score (nSPS) is 16.5. The molecule has 4 heteroatoms. The van der Waals surface area contributed by atoms with Crippen LogP contribution in [0.3, 0.4) is 0 Å². The number of benzene rings is 2. The molecule has 1 aliphatic rings. The van der Waals surface area contributed by atoms with Crippen LogP contribution >= 0.6 is 0 Å². The van der Waals surface area contributed by atoms with Gasteiger partial charge in [-0.15, -0.1) is 0 Å². The Morgan fingerprint density at radius 1 is 1.18 bits per heavy atom. The molecule has 22 heavy (non-hydrogen) atoms. The van der Waals surface area contributed by atoms with E-state index in [1.54, 1.807) is 10.6 Å². The van der Waals surface area contributed by atoms with E-state index < -0.39 is 0 Å². The van der Waals surface area contributed by atoms with Crippen LogP contribution in [0.25, 0.3) is 16.6 Å². The van der Waals surface area contributed by atoms with Crippen molar-refractivity contribution in [3.05, 3.63) is 70.3 Å². The largest absolute Gasteiger partial charge is 0.489 e. The summed E-state index contributed by atoms with van der Waals surface area (Å²) >= 11 is 0. The second-order valence-electron chi connectivity index (χ2n) is 5.58. The average Bonchev–Trinajstić information content (AvgIpc) is 2.92. The van der Waals surface area contributed by atoms with Gasteiger partial charge in [-0.2, -0.15) is 0 Å². The first-order chi connectivity index (χ1) is 10.6. The molecule has 1 atom stereocenters. The van der Waals surface area contributed by atoms with E-state index in [2.05, 4.69) is 0 Å². The van der Waals surface area contributed by atoms with E-state index in [-0.39, 0.29) is 17.5 Å². The fourth-order valence-electron chi connectivity index (χ4n) is 3.07. The van der Waals surface area contributed by atoms with Crippen molar-refractivity contribution in [3.63, 3.8) is 0 Å². The van der Waals surface area contributed by atoms with E-state index in [4.69, 9.17) is 4.74 Å². The van der Waals surface area contributed by atoms with Crippen LogP contribution < -0.4 is 10.3 Å². The Labute approximate surface area is 126 Å². The van der Waals surface area contributed by atoms with E-state index in [0.29, 0.717) is 28.6 Å². The molecule has 1 aromatic heterocycles. The summed E-state index contributed by atoms with van der Waals surface area (Å²) in [4.78, 5) is 12.9. The number of fused-ring (bicyclic) bond motifs is 3. The van der Waals surface area contributed by atoms with Crippen molar-refractivity contribution in [2.45, 2.75) is 19.4 Å². The van der Waals surface area contributed by atoms with E-state index in [1.165, 1.54) is 12.1 Å². The lowest BCUT2D eigenvalue weighted by Crippen LogP contribution is -2.22. The molecule has 0 fully saturated rings. The molecule has 0 spiro atoms. The summed E-state index contributed by atoms with van der Waals surface area (Å²) < 4.78 is 21.1. The number of hydrogen-bond donors (Lipinski definition) is 0. The minimum atomic E-state index is -0.337. The number of hydrogen-bond acceptors (Lipinski definition) is 2. The SMILES string of the molecule is CC1Cc2c(c3cc(F)ccc3n(-c3ccccc3)c2=O)O1. The lowest BCUT2D eigenvalue weighted by atomic mass is 10.1. The Balaban J connectivity index is 2.16. The lowest BCUT2D eigenvalue weighted by molar-refractivity contribution is 0.257. The van der Waals surface area contributed by atoms with E-state index in [1.807, 2.05) is 37.3 Å². The Kier molecular flexibility index (Phi) is 2.79. The van der Waals surface area contributed by atoms with Gasteiger partial charge in [0.25, 0.3) is 5.56 Å². The van der Waals surface area contributed by atoms with Crippen LogP contribution in [0.15, 0.2) is 53.3 Å². The Hall–Kier alpha value is -2.62. The van der Waals surface area contributed by atoms with Gasteiger partial charge in [0.1, 0.15) is 17.7 Å². The molecule has 4 rings (SSSR count). The minimum absolute atomic E-state index is 0.0687. The number of nitrogens with zero attached hydrogens (tertiary/aromatic N) is 1. The molecule has 0 amide bonds. The minimum Gasteiger partial charge on any atom is -0.489 e. The first kappa shape index (κ1) is 13.1. The van der Waals surface area contributed by atoms with Gasteiger partial charge in [-0.05, 0) is 37.3 Å². The Bertz CT molecular complexity index is 931. The maximum absolute atomic E-state index is 13.7. The van der Waals surface area contributed by atoms with Crippen LogP contribution in [0.2, 0.25) is 0 Å². The third-order valence-electron chi connectivity index (χ3n) is 4.00. The molecule has 2 aromatic carbocycles. The summed E-state index contributed by atoms with van der Waals surface area (Å²) in [5, 5.41) is 0.641. The van der Waals surface area contributed by atoms with Crippen LogP contribution in [0.4, 0.5) is 4.39 Å². The first-order valence-electron chi connectivity index (χ1n) is 7.24. The molecule has 0 radical (unpaired) electrons. The maximum atomic E-state index is 13.7. The second-order valence-corrected chi connectivity index (χ2v) is 5.58. The fourth-order valence-corrected chi connectivity index (χ4v) is 3.07. The summed E-state index contributed by atoms with van der Waals surface area (Å²) in [6, 6.07) is 13.8. The topological polar surface area (TPSA) is 31.2 Å². The number of para-hydroxylation sites is 1. The summed E-state index contributed by atoms with van der Waals surface area (Å²) in [7, 11) is 0. The zero-order valence-electron chi connectivity index (χ0n) is 12.0. The van der Waals surface area contributed by atoms with Crippen LogP contribution in [-0.4, -0.2) is 10.7 Å². The van der Waals surface area contributed by atoms with Crippen molar-refractivity contribution in [3.8, 4) is 11.4 Å². The lowest BCUT2D eigenvalue weighted by Gasteiger charge is -2.13. The van der Waals surface area contributed by atoms with E-state index in [0.717, 1.165) is 5.69 Å². The molecule has 0 bridgehead atoms. The maximum Gasteiger partial charge on any atom is 0.262 e. The van der Waals surface area contributed by atoms with Gasteiger partial charge < -0.3 is 4.74 Å². The molecule has 1 unspecified atom stereocenters. The number of aromatic nitrogens is 1. The highest BCUT2D eigenvalue weighted by Gasteiger charge is 2.27. The molecule has 1 aliphatic heterocycles. The van der Waals surface area contributed by atoms with E-state index in [9.17, 15) is 9.18 Å². The standard InChI is InChI=1S/C18H14FNO2/c1-11-9-15-17(22-11)14-10-12(19)7-8-16(14)20(18(15)21)13-5-3-2-4-6-13/h2-8,10-11H,9H2,1H3. The molecule has 0 N–H and O–H groups in total. The van der Waals surface area contributed by atoms with Gasteiger partial charge in [0.2, 0.25) is 0 Å². The highest BCUT2D eigenvalue weighted by molar-refractivity contribution is 5.88. The molecule has 0 aliphatic carbocycles. The summed E-state index contributed by atoms with van der Waals surface area (Å²) in [6.45, 7) is 1.91. The molecule has 2 heterocycles. The van der Waals surface area contributed by atoms with E-state index >= 15 is 0 Å². The number of halogens is 1. The predicted molar refractivity (Wildman–Crippen MR) is 83.3 cm³/mol. The van der Waals surface area contributed by atoms with Crippen molar-refractivity contribution in [2.75, 3.05) is 0 Å². The predicted octanol–water partition coefficient (Wildman–Crippen LogP) is 3.45.